The van der Waals surface area contributed by atoms with Crippen LogP contribution < -0.4 is 16.8 Å². The molecular weight excluding hydrogens is 341 g/mol. The normalized spacial score (nSPS) is 15.8. The van der Waals surface area contributed by atoms with Crippen molar-refractivity contribution in [1.82, 2.24) is 0 Å². The van der Waals surface area contributed by atoms with Gasteiger partial charge in [-0.25, -0.2) is 4.39 Å². The minimum atomic E-state index is -0.840. The average molecular weight is 367 g/mol. The highest BCUT2D eigenvalue weighted by atomic mass is 19.1. The summed E-state index contributed by atoms with van der Waals surface area (Å²) in [4.78, 5) is 11.6. The van der Waals surface area contributed by atoms with Crippen LogP contribution in [0.2, 0.25) is 0 Å². The standard InChI is InChI=1S/C22H26FN3O/c1-14(2)26-20-13-18(8-9-19(20)23)22(25,11-10-15-6-7-15)17-5-3-4-16(12-17)21(24)27/h3-5,8-9,12-13,15,26H,1,6-7,10-11,25H2,2H3,(H2,24,27). The molecule has 1 amide bonds. The molecule has 0 heterocycles. The summed E-state index contributed by atoms with van der Waals surface area (Å²) in [5, 5.41) is 2.94. The Morgan fingerprint density at radius 1 is 1.26 bits per heavy atom. The lowest BCUT2D eigenvalue weighted by atomic mass is 9.79. The number of nitrogens with two attached hydrogens (primary N) is 2. The molecule has 0 bridgehead atoms. The highest BCUT2D eigenvalue weighted by Gasteiger charge is 2.33. The van der Waals surface area contributed by atoms with E-state index in [4.69, 9.17) is 11.5 Å². The molecule has 1 unspecified atom stereocenters. The molecule has 0 spiro atoms. The monoisotopic (exact) mass is 367 g/mol. The van der Waals surface area contributed by atoms with Crippen LogP contribution in [0.4, 0.5) is 10.1 Å². The number of anilines is 1. The van der Waals surface area contributed by atoms with Gasteiger partial charge in [0.15, 0.2) is 0 Å². The van der Waals surface area contributed by atoms with Crippen LogP contribution in [-0.2, 0) is 5.54 Å². The molecule has 5 N–H and O–H groups in total. The minimum Gasteiger partial charge on any atom is -0.366 e. The predicted molar refractivity (Wildman–Crippen MR) is 107 cm³/mol. The number of nitrogens with one attached hydrogen (secondary N) is 1. The van der Waals surface area contributed by atoms with Gasteiger partial charge in [-0.2, -0.15) is 0 Å². The Morgan fingerprint density at radius 3 is 2.59 bits per heavy atom. The number of halogens is 1. The minimum absolute atomic E-state index is 0.340. The Hall–Kier alpha value is -2.66. The Morgan fingerprint density at radius 2 is 1.96 bits per heavy atom. The summed E-state index contributed by atoms with van der Waals surface area (Å²) in [6, 6.07) is 11.9. The first-order valence-corrected chi connectivity index (χ1v) is 9.21. The zero-order valence-corrected chi connectivity index (χ0v) is 15.6. The molecule has 5 heteroatoms. The largest absolute Gasteiger partial charge is 0.366 e. The van der Waals surface area contributed by atoms with E-state index in [2.05, 4.69) is 11.9 Å². The third-order valence-electron chi connectivity index (χ3n) is 5.14. The van der Waals surface area contributed by atoms with E-state index in [9.17, 15) is 9.18 Å². The lowest BCUT2D eigenvalue weighted by Crippen LogP contribution is -2.38. The molecule has 27 heavy (non-hydrogen) atoms. The first-order valence-electron chi connectivity index (χ1n) is 9.21. The number of primary amides is 1. The van der Waals surface area contributed by atoms with Gasteiger partial charge in [0.05, 0.1) is 11.2 Å². The summed E-state index contributed by atoms with van der Waals surface area (Å²) in [5.41, 5.74) is 14.5. The van der Waals surface area contributed by atoms with Gasteiger partial charge in [-0.1, -0.05) is 37.6 Å². The van der Waals surface area contributed by atoms with Crippen LogP contribution in [0, 0.1) is 11.7 Å². The summed E-state index contributed by atoms with van der Waals surface area (Å²) in [6.45, 7) is 5.55. The molecule has 0 aromatic heterocycles. The number of carbonyl (C=O) groups excluding carboxylic acids is 1. The lowest BCUT2D eigenvalue weighted by Gasteiger charge is -2.32. The second-order valence-corrected chi connectivity index (χ2v) is 7.50. The maximum Gasteiger partial charge on any atom is 0.248 e. The molecule has 2 aromatic rings. The van der Waals surface area contributed by atoms with E-state index >= 15 is 0 Å². The van der Waals surface area contributed by atoms with Gasteiger partial charge < -0.3 is 16.8 Å². The van der Waals surface area contributed by atoms with E-state index in [0.29, 0.717) is 29.3 Å². The van der Waals surface area contributed by atoms with E-state index in [1.807, 2.05) is 6.07 Å². The zero-order chi connectivity index (χ0) is 19.6. The Balaban J connectivity index is 2.05. The van der Waals surface area contributed by atoms with Gasteiger partial charge in [-0.3, -0.25) is 4.79 Å². The fraction of sp³-hybridized carbons (Fsp3) is 0.318. The van der Waals surface area contributed by atoms with E-state index < -0.39 is 11.4 Å². The van der Waals surface area contributed by atoms with Crippen LogP contribution in [0.25, 0.3) is 0 Å². The number of allylic oxidation sites excluding steroid dienone is 1. The molecule has 1 atom stereocenters. The van der Waals surface area contributed by atoms with Crippen LogP contribution in [-0.4, -0.2) is 5.91 Å². The van der Waals surface area contributed by atoms with Crippen molar-refractivity contribution in [2.24, 2.45) is 17.4 Å². The molecule has 4 nitrogen and oxygen atoms in total. The van der Waals surface area contributed by atoms with Gasteiger partial charge in [0.1, 0.15) is 5.82 Å². The SMILES string of the molecule is C=C(C)Nc1cc(C(N)(CCC2CC2)c2cccc(C(N)=O)c2)ccc1F. The van der Waals surface area contributed by atoms with Crippen LogP contribution in [0.1, 0.15) is 54.1 Å². The van der Waals surface area contributed by atoms with Crippen LogP contribution in [0.5, 0.6) is 0 Å². The van der Waals surface area contributed by atoms with Crippen molar-refractivity contribution in [2.75, 3.05) is 5.32 Å². The topological polar surface area (TPSA) is 81.1 Å². The lowest BCUT2D eigenvalue weighted by molar-refractivity contribution is 0.1000. The number of hydrogen-bond donors (Lipinski definition) is 3. The molecule has 3 rings (SSSR count). The number of benzene rings is 2. The molecule has 0 saturated heterocycles. The van der Waals surface area contributed by atoms with Gasteiger partial charge in [-0.05, 0) is 61.1 Å². The van der Waals surface area contributed by atoms with Gasteiger partial charge >= 0.3 is 0 Å². The number of amides is 1. The Bertz CT molecular complexity index is 876. The van der Waals surface area contributed by atoms with Gasteiger partial charge in [0, 0.05) is 11.3 Å². The third-order valence-corrected chi connectivity index (χ3v) is 5.14. The number of hydrogen-bond acceptors (Lipinski definition) is 3. The van der Waals surface area contributed by atoms with E-state index in [1.165, 1.54) is 18.9 Å². The maximum absolute atomic E-state index is 14.2. The Kier molecular flexibility index (Phi) is 5.33. The van der Waals surface area contributed by atoms with Gasteiger partial charge in [-0.15, -0.1) is 0 Å². The van der Waals surface area contributed by atoms with Crippen LogP contribution >= 0.6 is 0 Å². The Labute approximate surface area is 159 Å². The first-order chi connectivity index (χ1) is 12.8. The van der Waals surface area contributed by atoms with E-state index in [1.54, 1.807) is 37.3 Å². The van der Waals surface area contributed by atoms with Crippen molar-refractivity contribution in [3.8, 4) is 0 Å². The molecular formula is C22H26FN3O. The fourth-order valence-electron chi connectivity index (χ4n) is 3.37. The van der Waals surface area contributed by atoms with Crippen molar-refractivity contribution in [1.29, 1.82) is 0 Å². The highest BCUT2D eigenvalue weighted by Crippen LogP contribution is 2.40. The van der Waals surface area contributed by atoms with Gasteiger partial charge in [0.25, 0.3) is 0 Å². The summed E-state index contributed by atoms with van der Waals surface area (Å²) in [5.74, 6) is -0.164. The number of rotatable bonds is 8. The molecule has 2 aromatic carbocycles. The molecule has 0 aliphatic heterocycles. The first kappa shape index (κ1) is 19.1. The summed E-state index contributed by atoms with van der Waals surface area (Å²) >= 11 is 0. The number of carbonyl (C=O) groups is 1. The molecule has 0 radical (unpaired) electrons. The van der Waals surface area contributed by atoms with Crippen molar-refractivity contribution < 1.29 is 9.18 Å². The summed E-state index contributed by atoms with van der Waals surface area (Å²) in [6.07, 6.45) is 4.14. The highest BCUT2D eigenvalue weighted by molar-refractivity contribution is 5.93. The van der Waals surface area contributed by atoms with E-state index in [0.717, 1.165) is 17.5 Å². The van der Waals surface area contributed by atoms with E-state index in [-0.39, 0.29) is 5.82 Å². The smallest absolute Gasteiger partial charge is 0.248 e. The summed E-state index contributed by atoms with van der Waals surface area (Å²) in [7, 11) is 0. The van der Waals surface area contributed by atoms with Crippen molar-refractivity contribution >= 4 is 11.6 Å². The maximum atomic E-state index is 14.2. The predicted octanol–water partition coefficient (Wildman–Crippen LogP) is 4.26. The van der Waals surface area contributed by atoms with Crippen molar-refractivity contribution in [3.63, 3.8) is 0 Å². The second-order valence-electron chi connectivity index (χ2n) is 7.50. The van der Waals surface area contributed by atoms with Crippen LogP contribution in [0.15, 0.2) is 54.7 Å². The fourth-order valence-corrected chi connectivity index (χ4v) is 3.37. The van der Waals surface area contributed by atoms with Crippen LogP contribution in [0.3, 0.4) is 0 Å². The third kappa shape index (κ3) is 4.37. The second kappa shape index (κ2) is 7.53. The molecule has 1 aliphatic carbocycles. The molecule has 1 fully saturated rings. The zero-order valence-electron chi connectivity index (χ0n) is 15.6. The molecule has 142 valence electrons. The van der Waals surface area contributed by atoms with Crippen molar-refractivity contribution in [3.05, 3.63) is 77.2 Å². The molecule has 1 aliphatic rings. The van der Waals surface area contributed by atoms with Gasteiger partial charge in [0.2, 0.25) is 5.91 Å². The quantitative estimate of drug-likeness (QED) is 0.652. The summed E-state index contributed by atoms with van der Waals surface area (Å²) < 4.78 is 14.2. The average Bonchev–Trinajstić information content (AvgIpc) is 3.45. The van der Waals surface area contributed by atoms with Crippen molar-refractivity contribution in [2.45, 2.75) is 38.1 Å². The molecule has 1 saturated carbocycles.